The van der Waals surface area contributed by atoms with Crippen molar-refractivity contribution in [1.29, 1.82) is 0 Å². The second kappa shape index (κ2) is 7.07. The van der Waals surface area contributed by atoms with Gasteiger partial charge in [0.15, 0.2) is 0 Å². The van der Waals surface area contributed by atoms with Crippen LogP contribution in [0.5, 0.6) is 0 Å². The highest BCUT2D eigenvalue weighted by atomic mass is 16.2. The molecule has 1 saturated heterocycles. The molecule has 5 heteroatoms. The van der Waals surface area contributed by atoms with Crippen molar-refractivity contribution in [2.45, 2.75) is 57.5 Å². The third kappa shape index (κ3) is 3.72. The van der Waals surface area contributed by atoms with Crippen LogP contribution in [0.25, 0.3) is 0 Å². The summed E-state index contributed by atoms with van der Waals surface area (Å²) in [5, 5.41) is 6.16. The fraction of sp³-hybridized carbons (Fsp3) is 0.867. The van der Waals surface area contributed by atoms with Gasteiger partial charge in [-0.05, 0) is 38.6 Å². The number of amides is 2. The molecule has 1 heterocycles. The Morgan fingerprint density at radius 3 is 2.45 bits per heavy atom. The lowest BCUT2D eigenvalue weighted by molar-refractivity contribution is -0.138. The number of likely N-dealkylation sites (N-methyl/N-ethyl adjacent to an activating group) is 1. The second-order valence-corrected chi connectivity index (χ2v) is 6.13. The van der Waals surface area contributed by atoms with Crippen LogP contribution in [0.15, 0.2) is 0 Å². The first-order valence-corrected chi connectivity index (χ1v) is 7.85. The number of hydrogen-bond acceptors (Lipinski definition) is 3. The van der Waals surface area contributed by atoms with Crippen LogP contribution in [-0.2, 0) is 9.59 Å². The molecular weight excluding hydrogens is 254 g/mol. The Balaban J connectivity index is 2.02. The van der Waals surface area contributed by atoms with Crippen molar-refractivity contribution in [1.82, 2.24) is 15.5 Å². The molecule has 2 amide bonds. The highest BCUT2D eigenvalue weighted by Crippen LogP contribution is 2.29. The van der Waals surface area contributed by atoms with Crippen molar-refractivity contribution >= 4 is 11.8 Å². The van der Waals surface area contributed by atoms with Crippen molar-refractivity contribution in [3.05, 3.63) is 0 Å². The minimum absolute atomic E-state index is 0.0996. The van der Waals surface area contributed by atoms with Gasteiger partial charge in [0.2, 0.25) is 11.8 Å². The molecule has 2 rings (SSSR count). The molecule has 20 heavy (non-hydrogen) atoms. The Bertz CT molecular complexity index is 353. The SMILES string of the molecule is CNC1CCCN(C(=O)C(NC(C)=O)C2CCCC2)C1. The second-order valence-electron chi connectivity index (χ2n) is 6.13. The Kier molecular flexibility index (Phi) is 5.40. The van der Waals surface area contributed by atoms with E-state index >= 15 is 0 Å². The van der Waals surface area contributed by atoms with E-state index in [1.54, 1.807) is 0 Å². The summed E-state index contributed by atoms with van der Waals surface area (Å²) < 4.78 is 0. The highest BCUT2D eigenvalue weighted by molar-refractivity contribution is 5.87. The van der Waals surface area contributed by atoms with Crippen LogP contribution in [0.3, 0.4) is 0 Å². The largest absolute Gasteiger partial charge is 0.344 e. The summed E-state index contributed by atoms with van der Waals surface area (Å²) in [6.45, 7) is 3.08. The minimum atomic E-state index is -0.314. The lowest BCUT2D eigenvalue weighted by Gasteiger charge is -2.36. The maximum atomic E-state index is 12.8. The molecule has 1 saturated carbocycles. The summed E-state index contributed by atoms with van der Waals surface area (Å²) in [5.74, 6) is 0.339. The van der Waals surface area contributed by atoms with E-state index in [0.29, 0.717) is 12.0 Å². The van der Waals surface area contributed by atoms with Crippen LogP contribution in [0.1, 0.15) is 45.4 Å². The molecule has 2 N–H and O–H groups in total. The Hall–Kier alpha value is -1.10. The highest BCUT2D eigenvalue weighted by Gasteiger charge is 2.35. The van der Waals surface area contributed by atoms with Crippen LogP contribution < -0.4 is 10.6 Å². The molecule has 2 fully saturated rings. The third-order valence-electron chi connectivity index (χ3n) is 4.64. The fourth-order valence-corrected chi connectivity index (χ4v) is 3.50. The number of carbonyl (C=O) groups is 2. The van der Waals surface area contributed by atoms with Crippen molar-refractivity contribution in [2.75, 3.05) is 20.1 Å². The predicted molar refractivity (Wildman–Crippen MR) is 78.2 cm³/mol. The molecule has 114 valence electrons. The van der Waals surface area contributed by atoms with Gasteiger partial charge in [0.25, 0.3) is 0 Å². The summed E-state index contributed by atoms with van der Waals surface area (Å²) in [6, 6.07) is 0.0693. The van der Waals surface area contributed by atoms with Gasteiger partial charge in [-0.1, -0.05) is 12.8 Å². The van der Waals surface area contributed by atoms with E-state index < -0.39 is 0 Å². The molecule has 0 aromatic rings. The zero-order valence-electron chi connectivity index (χ0n) is 12.7. The lowest BCUT2D eigenvalue weighted by atomic mass is 9.95. The molecule has 2 atom stereocenters. The van der Waals surface area contributed by atoms with Crippen LogP contribution in [0.2, 0.25) is 0 Å². The van der Waals surface area contributed by atoms with Crippen molar-refractivity contribution in [2.24, 2.45) is 5.92 Å². The van der Waals surface area contributed by atoms with E-state index in [-0.39, 0.29) is 17.9 Å². The molecule has 0 aromatic heterocycles. The van der Waals surface area contributed by atoms with Crippen molar-refractivity contribution in [3.63, 3.8) is 0 Å². The smallest absolute Gasteiger partial charge is 0.245 e. The number of hydrogen-bond donors (Lipinski definition) is 2. The van der Waals surface area contributed by atoms with E-state index in [1.807, 2.05) is 11.9 Å². The van der Waals surface area contributed by atoms with Gasteiger partial charge in [-0.2, -0.15) is 0 Å². The molecule has 1 aliphatic carbocycles. The first kappa shape index (κ1) is 15.3. The van der Waals surface area contributed by atoms with Crippen molar-refractivity contribution in [3.8, 4) is 0 Å². The maximum Gasteiger partial charge on any atom is 0.245 e. The van der Waals surface area contributed by atoms with E-state index in [4.69, 9.17) is 0 Å². The summed E-state index contributed by atoms with van der Waals surface area (Å²) in [4.78, 5) is 26.1. The lowest BCUT2D eigenvalue weighted by Crippen LogP contribution is -2.55. The van der Waals surface area contributed by atoms with E-state index in [9.17, 15) is 9.59 Å². The maximum absolute atomic E-state index is 12.8. The summed E-state index contributed by atoms with van der Waals surface area (Å²) >= 11 is 0. The van der Waals surface area contributed by atoms with Gasteiger partial charge in [0, 0.05) is 26.1 Å². The van der Waals surface area contributed by atoms with Gasteiger partial charge < -0.3 is 15.5 Å². The molecule has 0 spiro atoms. The topological polar surface area (TPSA) is 61.4 Å². The van der Waals surface area contributed by atoms with Gasteiger partial charge in [0.05, 0.1) is 0 Å². The normalized spacial score (nSPS) is 25.5. The Morgan fingerprint density at radius 2 is 1.85 bits per heavy atom. The zero-order chi connectivity index (χ0) is 14.5. The minimum Gasteiger partial charge on any atom is -0.344 e. The van der Waals surface area contributed by atoms with Crippen LogP contribution in [-0.4, -0.2) is 48.9 Å². The van der Waals surface area contributed by atoms with E-state index in [0.717, 1.165) is 38.8 Å². The molecule has 5 nitrogen and oxygen atoms in total. The van der Waals surface area contributed by atoms with Crippen molar-refractivity contribution < 1.29 is 9.59 Å². The van der Waals surface area contributed by atoms with Gasteiger partial charge in [-0.25, -0.2) is 0 Å². The van der Waals surface area contributed by atoms with E-state index in [1.165, 1.54) is 19.8 Å². The Labute approximate surface area is 121 Å². The fourth-order valence-electron chi connectivity index (χ4n) is 3.50. The first-order chi connectivity index (χ1) is 9.61. The van der Waals surface area contributed by atoms with Crippen LogP contribution >= 0.6 is 0 Å². The molecular formula is C15H27N3O2. The van der Waals surface area contributed by atoms with Crippen LogP contribution in [0, 0.1) is 5.92 Å². The van der Waals surface area contributed by atoms with Gasteiger partial charge in [0.1, 0.15) is 6.04 Å². The number of piperidine rings is 1. The van der Waals surface area contributed by atoms with Gasteiger partial charge >= 0.3 is 0 Å². The molecule has 1 aliphatic heterocycles. The summed E-state index contributed by atoms with van der Waals surface area (Å²) in [6.07, 6.45) is 6.61. The predicted octanol–water partition coefficient (Wildman–Crippen LogP) is 0.892. The quantitative estimate of drug-likeness (QED) is 0.804. The summed E-state index contributed by atoms with van der Waals surface area (Å²) in [5.41, 5.74) is 0. The summed E-state index contributed by atoms with van der Waals surface area (Å²) in [7, 11) is 1.95. The average Bonchev–Trinajstić information content (AvgIpc) is 2.98. The zero-order valence-corrected chi connectivity index (χ0v) is 12.7. The van der Waals surface area contributed by atoms with Gasteiger partial charge in [-0.15, -0.1) is 0 Å². The number of nitrogens with zero attached hydrogens (tertiary/aromatic N) is 1. The van der Waals surface area contributed by atoms with E-state index in [2.05, 4.69) is 10.6 Å². The third-order valence-corrected chi connectivity index (χ3v) is 4.64. The average molecular weight is 281 g/mol. The molecule has 0 bridgehead atoms. The molecule has 0 aromatic carbocycles. The number of rotatable bonds is 4. The number of likely N-dealkylation sites (tertiary alicyclic amines) is 1. The number of carbonyl (C=O) groups excluding carboxylic acids is 2. The standard InChI is InChI=1S/C15H27N3O2/c1-11(19)17-14(12-6-3-4-7-12)15(20)18-9-5-8-13(10-18)16-2/h12-14,16H,3-10H2,1-2H3,(H,17,19). The first-order valence-electron chi connectivity index (χ1n) is 7.85. The molecule has 0 radical (unpaired) electrons. The van der Waals surface area contributed by atoms with Gasteiger partial charge in [-0.3, -0.25) is 9.59 Å². The number of nitrogens with one attached hydrogen (secondary N) is 2. The molecule has 2 aliphatic rings. The monoisotopic (exact) mass is 281 g/mol. The van der Waals surface area contributed by atoms with Crippen LogP contribution in [0.4, 0.5) is 0 Å². The Morgan fingerprint density at radius 1 is 1.15 bits per heavy atom. The molecule has 2 unspecified atom stereocenters.